The molecule has 1 heterocycles. The summed E-state index contributed by atoms with van der Waals surface area (Å²) in [5, 5.41) is 12.4. The molecule has 1 aromatic rings. The lowest BCUT2D eigenvalue weighted by Crippen LogP contribution is -2.25. The smallest absolute Gasteiger partial charge is 0.372 e. The van der Waals surface area contributed by atoms with E-state index in [9.17, 15) is 4.79 Å². The second kappa shape index (κ2) is 5.00. The lowest BCUT2D eigenvalue weighted by Gasteiger charge is -2.15. The molecule has 2 aliphatic carbocycles. The van der Waals surface area contributed by atoms with Crippen LogP contribution in [0.1, 0.15) is 47.6 Å². The van der Waals surface area contributed by atoms with Crippen molar-refractivity contribution < 1.29 is 14.3 Å². The van der Waals surface area contributed by atoms with Gasteiger partial charge in [0.05, 0.1) is 6.54 Å². The number of carbonyl (C=O) groups is 1. The highest BCUT2D eigenvalue weighted by molar-refractivity contribution is 5.86. The van der Waals surface area contributed by atoms with Crippen molar-refractivity contribution in [1.82, 2.24) is 5.32 Å². The molecule has 0 atom stereocenters. The lowest BCUT2D eigenvalue weighted by atomic mass is 9.98. The maximum atomic E-state index is 10.9. The number of hydrogen-bond acceptors (Lipinski definition) is 3. The molecule has 2 saturated carbocycles. The average molecular weight is 263 g/mol. The average Bonchev–Trinajstić information content (AvgIpc) is 3.24. The van der Waals surface area contributed by atoms with Crippen LogP contribution in [-0.2, 0) is 6.54 Å². The Kier molecular flexibility index (Phi) is 3.35. The molecule has 0 radical (unpaired) electrons. The zero-order chi connectivity index (χ0) is 13.4. The fraction of sp³-hybridized carbons (Fsp3) is 0.667. The predicted octanol–water partition coefficient (Wildman–Crippen LogP) is 2.81. The van der Waals surface area contributed by atoms with Gasteiger partial charge in [0.1, 0.15) is 5.76 Å². The zero-order valence-corrected chi connectivity index (χ0v) is 11.3. The molecule has 0 saturated heterocycles. The monoisotopic (exact) mass is 263 g/mol. The van der Waals surface area contributed by atoms with E-state index < -0.39 is 5.97 Å². The van der Waals surface area contributed by atoms with E-state index in [0.29, 0.717) is 12.1 Å². The molecule has 0 aromatic carbocycles. The maximum Gasteiger partial charge on any atom is 0.372 e. The predicted molar refractivity (Wildman–Crippen MR) is 71.0 cm³/mol. The summed E-state index contributed by atoms with van der Waals surface area (Å²) in [5.74, 6) is 2.51. The van der Waals surface area contributed by atoms with Gasteiger partial charge in [0, 0.05) is 5.56 Å². The second-order valence-corrected chi connectivity index (χ2v) is 6.00. The van der Waals surface area contributed by atoms with Gasteiger partial charge < -0.3 is 14.8 Å². The number of furan rings is 1. The first-order chi connectivity index (χ1) is 9.15. The van der Waals surface area contributed by atoms with Crippen molar-refractivity contribution in [3.05, 3.63) is 23.2 Å². The topological polar surface area (TPSA) is 62.5 Å². The van der Waals surface area contributed by atoms with Gasteiger partial charge in [-0.1, -0.05) is 0 Å². The van der Waals surface area contributed by atoms with Gasteiger partial charge in [-0.05, 0) is 63.0 Å². The summed E-state index contributed by atoms with van der Waals surface area (Å²) >= 11 is 0. The van der Waals surface area contributed by atoms with Gasteiger partial charge in [0.2, 0.25) is 5.76 Å². The number of aromatic carboxylic acids is 1. The van der Waals surface area contributed by atoms with E-state index in [1.165, 1.54) is 25.7 Å². The normalized spacial score (nSPS) is 19.1. The summed E-state index contributed by atoms with van der Waals surface area (Å²) in [7, 11) is 0. The van der Waals surface area contributed by atoms with Crippen LogP contribution in [0.3, 0.4) is 0 Å². The Morgan fingerprint density at radius 2 is 2.05 bits per heavy atom. The molecule has 0 unspecified atom stereocenters. The highest BCUT2D eigenvalue weighted by Crippen LogP contribution is 2.48. The Balaban J connectivity index is 1.51. The molecular weight excluding hydrogens is 242 g/mol. The van der Waals surface area contributed by atoms with Crippen molar-refractivity contribution in [3.8, 4) is 0 Å². The number of aryl methyl sites for hydroxylation is 1. The highest BCUT2D eigenvalue weighted by Gasteiger charge is 2.40. The van der Waals surface area contributed by atoms with Crippen LogP contribution in [0.2, 0.25) is 0 Å². The molecule has 2 N–H and O–H groups in total. The standard InChI is InChI=1S/C15H21NO3/c1-9-6-12(19-14(9)15(17)18)7-16-8-13(10-2-3-10)11-4-5-11/h6,10-11,13,16H,2-5,7-8H2,1H3,(H,17,18). The quantitative estimate of drug-likeness (QED) is 0.794. The van der Waals surface area contributed by atoms with Crippen molar-refractivity contribution in [2.75, 3.05) is 6.54 Å². The van der Waals surface area contributed by atoms with E-state index in [2.05, 4.69) is 5.32 Å². The van der Waals surface area contributed by atoms with Crippen LogP contribution in [0.4, 0.5) is 0 Å². The zero-order valence-electron chi connectivity index (χ0n) is 11.3. The number of rotatable bonds is 7. The van der Waals surface area contributed by atoms with Crippen molar-refractivity contribution in [2.24, 2.45) is 17.8 Å². The van der Waals surface area contributed by atoms with Crippen LogP contribution in [0.25, 0.3) is 0 Å². The maximum absolute atomic E-state index is 10.9. The van der Waals surface area contributed by atoms with E-state index in [4.69, 9.17) is 9.52 Å². The molecule has 4 heteroatoms. The summed E-state index contributed by atoms with van der Waals surface area (Å²) in [6, 6.07) is 1.82. The van der Waals surface area contributed by atoms with E-state index in [1.54, 1.807) is 6.92 Å². The molecule has 3 rings (SSSR count). The molecule has 2 aliphatic rings. The Hall–Kier alpha value is -1.29. The van der Waals surface area contributed by atoms with Gasteiger partial charge >= 0.3 is 5.97 Å². The molecule has 0 spiro atoms. The van der Waals surface area contributed by atoms with Gasteiger partial charge in [-0.15, -0.1) is 0 Å². The Bertz CT molecular complexity index is 460. The largest absolute Gasteiger partial charge is 0.475 e. The summed E-state index contributed by atoms with van der Waals surface area (Å²) in [4.78, 5) is 10.9. The minimum atomic E-state index is -0.988. The number of nitrogens with one attached hydrogen (secondary N) is 1. The molecule has 0 aliphatic heterocycles. The third-order valence-electron chi connectivity index (χ3n) is 4.30. The highest BCUT2D eigenvalue weighted by atomic mass is 16.4. The third-order valence-corrected chi connectivity index (χ3v) is 4.30. The summed E-state index contributed by atoms with van der Waals surface area (Å²) in [6.07, 6.45) is 5.58. The van der Waals surface area contributed by atoms with Crippen molar-refractivity contribution >= 4 is 5.97 Å². The van der Waals surface area contributed by atoms with E-state index in [1.807, 2.05) is 6.07 Å². The van der Waals surface area contributed by atoms with Crippen LogP contribution in [0.5, 0.6) is 0 Å². The van der Waals surface area contributed by atoms with Gasteiger partial charge in [-0.2, -0.15) is 0 Å². The molecular formula is C15H21NO3. The van der Waals surface area contributed by atoms with Crippen LogP contribution in [0.15, 0.2) is 10.5 Å². The first-order valence-electron chi connectivity index (χ1n) is 7.18. The Labute approximate surface area is 113 Å². The molecule has 2 fully saturated rings. The molecule has 1 aromatic heterocycles. The van der Waals surface area contributed by atoms with Crippen molar-refractivity contribution in [2.45, 2.75) is 39.2 Å². The first-order valence-corrected chi connectivity index (χ1v) is 7.18. The Morgan fingerprint density at radius 1 is 1.42 bits per heavy atom. The SMILES string of the molecule is Cc1cc(CNCC(C2CC2)C2CC2)oc1C(=O)O. The fourth-order valence-electron chi connectivity index (χ4n) is 2.98. The van der Waals surface area contributed by atoms with Crippen LogP contribution < -0.4 is 5.32 Å². The molecule has 0 amide bonds. The second-order valence-electron chi connectivity index (χ2n) is 6.00. The third kappa shape index (κ3) is 3.00. The Morgan fingerprint density at radius 3 is 2.53 bits per heavy atom. The summed E-state index contributed by atoms with van der Waals surface area (Å²) < 4.78 is 5.35. The van der Waals surface area contributed by atoms with E-state index in [0.717, 1.165) is 30.1 Å². The van der Waals surface area contributed by atoms with Gasteiger partial charge in [-0.25, -0.2) is 4.79 Å². The minimum absolute atomic E-state index is 0.0673. The molecule has 19 heavy (non-hydrogen) atoms. The van der Waals surface area contributed by atoms with E-state index in [-0.39, 0.29) is 5.76 Å². The van der Waals surface area contributed by atoms with Gasteiger partial charge in [-0.3, -0.25) is 0 Å². The van der Waals surface area contributed by atoms with Gasteiger partial charge in [0.15, 0.2) is 0 Å². The van der Waals surface area contributed by atoms with E-state index >= 15 is 0 Å². The molecule has 0 bridgehead atoms. The fourth-order valence-corrected chi connectivity index (χ4v) is 2.98. The van der Waals surface area contributed by atoms with Crippen LogP contribution in [-0.4, -0.2) is 17.6 Å². The molecule has 4 nitrogen and oxygen atoms in total. The van der Waals surface area contributed by atoms with Crippen LogP contribution in [0, 0.1) is 24.7 Å². The molecule has 104 valence electrons. The number of hydrogen-bond donors (Lipinski definition) is 2. The van der Waals surface area contributed by atoms with Crippen molar-refractivity contribution in [3.63, 3.8) is 0 Å². The van der Waals surface area contributed by atoms with Crippen molar-refractivity contribution in [1.29, 1.82) is 0 Å². The summed E-state index contributed by atoms with van der Waals surface area (Å²) in [6.45, 7) is 3.44. The number of carboxylic acid groups (broad SMARTS) is 1. The first kappa shape index (κ1) is 12.7. The number of carboxylic acids is 1. The minimum Gasteiger partial charge on any atom is -0.475 e. The van der Waals surface area contributed by atoms with Crippen LogP contribution >= 0.6 is 0 Å². The lowest BCUT2D eigenvalue weighted by molar-refractivity contribution is 0.0659. The van der Waals surface area contributed by atoms with Gasteiger partial charge in [0.25, 0.3) is 0 Å². The summed E-state index contributed by atoms with van der Waals surface area (Å²) in [5.41, 5.74) is 0.699.